The van der Waals surface area contributed by atoms with Gasteiger partial charge in [-0.3, -0.25) is 16.0 Å². The molecule has 3 aliphatic rings. The third-order valence-corrected chi connectivity index (χ3v) is 11.2. The van der Waals surface area contributed by atoms with Gasteiger partial charge in [-0.25, -0.2) is 25.3 Å². The number of hydrogen-bond acceptors (Lipinski definition) is 12. The van der Waals surface area contributed by atoms with E-state index in [9.17, 15) is 25.3 Å². The van der Waals surface area contributed by atoms with Crippen LogP contribution in [-0.2, 0) is 43.7 Å². The summed E-state index contributed by atoms with van der Waals surface area (Å²) in [4.78, 5) is 0. The number of sulfone groups is 3. The van der Waals surface area contributed by atoms with Crippen molar-refractivity contribution in [3.63, 3.8) is 0 Å². The zero-order chi connectivity index (χ0) is 24.0. The van der Waals surface area contributed by atoms with Crippen LogP contribution in [0.5, 0.6) is 0 Å². The quantitative estimate of drug-likeness (QED) is 0.160. The minimum Gasteiger partial charge on any atom is -0.364 e. The van der Waals surface area contributed by atoms with Crippen molar-refractivity contribution in [2.45, 2.75) is 43.5 Å². The average molecular weight is 534 g/mol. The van der Waals surface area contributed by atoms with Gasteiger partial charge in [0.05, 0.1) is 67.9 Å². The van der Waals surface area contributed by atoms with Gasteiger partial charge in [-0.2, -0.15) is 0 Å². The molecular weight excluding hydrogens is 498 g/mol. The first-order chi connectivity index (χ1) is 15.5. The molecule has 3 atom stereocenters. The minimum atomic E-state index is -2.98. The molecule has 0 radical (unpaired) electrons. The highest BCUT2D eigenvalue weighted by Crippen LogP contribution is 2.13. The Balaban J connectivity index is 1.35. The second kappa shape index (κ2) is 12.0. The van der Waals surface area contributed by atoms with Crippen LogP contribution >= 0.6 is 0 Å². The minimum absolute atomic E-state index is 0.0937. The summed E-state index contributed by atoms with van der Waals surface area (Å²) in [6, 6.07) is -0.388. The summed E-state index contributed by atoms with van der Waals surface area (Å²) < 4.78 is 86.2. The highest BCUT2D eigenvalue weighted by molar-refractivity contribution is 7.92. The average Bonchev–Trinajstić information content (AvgIpc) is 3.37. The molecule has 3 N–H and O–H groups in total. The van der Waals surface area contributed by atoms with Gasteiger partial charge >= 0.3 is 0 Å². The molecule has 0 aromatic carbocycles. The van der Waals surface area contributed by atoms with E-state index in [1.165, 1.54) is 0 Å². The fraction of sp³-hybridized carbons (Fsp3) is 1.00. The van der Waals surface area contributed by atoms with Gasteiger partial charge in [-0.15, -0.1) is 0 Å². The molecule has 0 amide bonds. The largest absolute Gasteiger partial charge is 0.364 e. The molecule has 0 bridgehead atoms. The molecule has 3 unspecified atom stereocenters. The summed E-state index contributed by atoms with van der Waals surface area (Å²) >= 11 is 0. The molecule has 3 rings (SSSR count). The van der Waals surface area contributed by atoms with Crippen LogP contribution in [0.25, 0.3) is 0 Å². The van der Waals surface area contributed by atoms with Gasteiger partial charge in [0.2, 0.25) is 0 Å². The SMILES string of the molecule is O=S1(=O)CCC(NCOCC(COCNC2CCS(=O)(=O)C2)OCNC2CCS(=O)(=O)C2)C1. The molecule has 0 saturated carbocycles. The van der Waals surface area contributed by atoms with Gasteiger partial charge in [-0.05, 0) is 19.3 Å². The molecule has 3 heterocycles. The number of rotatable bonds is 14. The maximum absolute atomic E-state index is 11.6. The zero-order valence-corrected chi connectivity index (χ0v) is 21.1. The second-order valence-corrected chi connectivity index (χ2v) is 15.6. The summed E-state index contributed by atoms with van der Waals surface area (Å²) in [5.41, 5.74) is 0. The molecule has 33 heavy (non-hydrogen) atoms. The van der Waals surface area contributed by atoms with Crippen molar-refractivity contribution in [3.05, 3.63) is 0 Å². The predicted molar refractivity (Wildman–Crippen MR) is 122 cm³/mol. The van der Waals surface area contributed by atoms with Crippen LogP contribution < -0.4 is 16.0 Å². The standard InChI is InChI=1S/C18H35N3O9S3/c22-31(23)4-1-15(9-31)19-12-28-7-18(30-14-21-17-3-6-33(26,27)11-17)8-29-13-20-16-2-5-32(24,25)10-16/h15-21H,1-14H2. The number of hydrogen-bond donors (Lipinski definition) is 3. The predicted octanol–water partition coefficient (Wildman–Crippen LogP) is -2.39. The number of ether oxygens (including phenoxy) is 3. The maximum atomic E-state index is 11.6. The van der Waals surface area contributed by atoms with Crippen LogP contribution in [0.15, 0.2) is 0 Å². The Morgan fingerprint density at radius 2 is 0.970 bits per heavy atom. The first kappa shape index (κ1) is 27.2. The summed E-state index contributed by atoms with van der Waals surface area (Å²) in [5.74, 6) is 0.846. The van der Waals surface area contributed by atoms with Crippen LogP contribution in [0.3, 0.4) is 0 Å². The molecule has 3 fully saturated rings. The second-order valence-electron chi connectivity index (χ2n) is 8.88. The Bertz CT molecular complexity index is 888. The summed E-state index contributed by atoms with van der Waals surface area (Å²) in [5, 5.41) is 9.21. The third-order valence-electron chi connectivity index (χ3n) is 5.94. The Hall–Kier alpha value is -0.390. The van der Waals surface area contributed by atoms with E-state index in [2.05, 4.69) is 16.0 Å². The van der Waals surface area contributed by atoms with E-state index in [1.54, 1.807) is 0 Å². The Kier molecular flexibility index (Phi) is 9.92. The number of nitrogens with one attached hydrogen (secondary N) is 3. The van der Waals surface area contributed by atoms with Crippen molar-refractivity contribution in [2.24, 2.45) is 0 Å². The first-order valence-electron chi connectivity index (χ1n) is 11.1. The topological polar surface area (TPSA) is 166 Å². The van der Waals surface area contributed by atoms with Crippen molar-refractivity contribution in [2.75, 3.05) is 67.9 Å². The van der Waals surface area contributed by atoms with Crippen molar-refractivity contribution in [1.82, 2.24) is 16.0 Å². The normalized spacial score (nSPS) is 31.1. The van der Waals surface area contributed by atoms with E-state index in [0.717, 1.165) is 0 Å². The lowest BCUT2D eigenvalue weighted by Crippen LogP contribution is -2.39. The van der Waals surface area contributed by atoms with E-state index in [1.807, 2.05) is 0 Å². The Morgan fingerprint density at radius 3 is 1.30 bits per heavy atom. The lowest BCUT2D eigenvalue weighted by atomic mass is 10.3. The lowest BCUT2D eigenvalue weighted by Gasteiger charge is -2.21. The Morgan fingerprint density at radius 1 is 0.606 bits per heavy atom. The van der Waals surface area contributed by atoms with Gasteiger partial charge in [0, 0.05) is 18.1 Å². The van der Waals surface area contributed by atoms with Crippen LogP contribution in [0.4, 0.5) is 0 Å². The Labute approximate surface area is 196 Å². The highest BCUT2D eigenvalue weighted by Gasteiger charge is 2.29. The monoisotopic (exact) mass is 533 g/mol. The zero-order valence-electron chi connectivity index (χ0n) is 18.6. The first-order valence-corrected chi connectivity index (χ1v) is 16.6. The van der Waals surface area contributed by atoms with E-state index in [4.69, 9.17) is 14.2 Å². The van der Waals surface area contributed by atoms with E-state index >= 15 is 0 Å². The molecule has 12 nitrogen and oxygen atoms in total. The van der Waals surface area contributed by atoms with Crippen LogP contribution in [-0.4, -0.2) is 117 Å². The highest BCUT2D eigenvalue weighted by atomic mass is 32.2. The van der Waals surface area contributed by atoms with E-state index in [-0.39, 0.29) is 86.0 Å². The molecule has 0 aromatic heterocycles. The summed E-state index contributed by atoms with van der Waals surface area (Å²) in [6.07, 6.45) is 1.22. The fourth-order valence-corrected chi connectivity index (χ4v) is 9.15. The molecule has 194 valence electrons. The van der Waals surface area contributed by atoms with Gasteiger partial charge in [0.15, 0.2) is 29.5 Å². The molecule has 0 spiro atoms. The maximum Gasteiger partial charge on any atom is 0.151 e. The van der Waals surface area contributed by atoms with Crippen LogP contribution in [0, 0.1) is 0 Å². The lowest BCUT2D eigenvalue weighted by molar-refractivity contribution is -0.0720. The molecule has 3 aliphatic heterocycles. The molecular formula is C18H35N3O9S3. The summed E-state index contributed by atoms with van der Waals surface area (Å²) in [6.45, 7) is 0.864. The molecule has 0 aliphatic carbocycles. The van der Waals surface area contributed by atoms with Crippen molar-refractivity contribution >= 4 is 29.5 Å². The van der Waals surface area contributed by atoms with Crippen LogP contribution in [0.1, 0.15) is 19.3 Å². The van der Waals surface area contributed by atoms with Crippen molar-refractivity contribution in [1.29, 1.82) is 0 Å². The molecule has 15 heteroatoms. The van der Waals surface area contributed by atoms with E-state index in [0.29, 0.717) is 19.3 Å². The molecule has 3 saturated heterocycles. The van der Waals surface area contributed by atoms with Gasteiger partial charge in [0.25, 0.3) is 0 Å². The van der Waals surface area contributed by atoms with E-state index < -0.39 is 35.6 Å². The van der Waals surface area contributed by atoms with Crippen LogP contribution in [0.2, 0.25) is 0 Å². The fourth-order valence-electron chi connectivity index (χ4n) is 4.03. The van der Waals surface area contributed by atoms with Gasteiger partial charge in [0.1, 0.15) is 6.10 Å². The smallest absolute Gasteiger partial charge is 0.151 e. The van der Waals surface area contributed by atoms with Gasteiger partial charge in [-0.1, -0.05) is 0 Å². The van der Waals surface area contributed by atoms with Crippen molar-refractivity contribution in [3.8, 4) is 0 Å². The van der Waals surface area contributed by atoms with Crippen molar-refractivity contribution < 1.29 is 39.5 Å². The molecule has 0 aromatic rings. The van der Waals surface area contributed by atoms with Gasteiger partial charge < -0.3 is 14.2 Å². The summed E-state index contributed by atoms with van der Waals surface area (Å²) in [7, 11) is -8.91. The third kappa shape index (κ3) is 10.0.